The van der Waals surface area contributed by atoms with Crippen molar-refractivity contribution >= 4 is 23.2 Å². The molecule has 1 aliphatic rings. The molecule has 0 unspecified atom stereocenters. The van der Waals surface area contributed by atoms with Gasteiger partial charge in [-0.3, -0.25) is 9.20 Å². The maximum Gasteiger partial charge on any atom is 0.253 e. The van der Waals surface area contributed by atoms with Gasteiger partial charge in [-0.25, -0.2) is 0 Å². The smallest absolute Gasteiger partial charge is 0.253 e. The first kappa shape index (κ1) is 15.9. The van der Waals surface area contributed by atoms with E-state index in [0.717, 1.165) is 24.3 Å². The first-order chi connectivity index (χ1) is 12.1. The van der Waals surface area contributed by atoms with Crippen molar-refractivity contribution in [3.63, 3.8) is 0 Å². The van der Waals surface area contributed by atoms with E-state index in [-0.39, 0.29) is 22.6 Å². The standard InChI is InChI=1S/C18H17ClN4O2/c19-14-11-13(4-5-15(14)24)18(25)22-9-6-12(7-10-22)17-21-20-16-3-1-2-8-23(16)17/h1-5,8,11-12,24H,6-7,9-10H2. The molecule has 25 heavy (non-hydrogen) atoms. The average Bonchev–Trinajstić information content (AvgIpc) is 3.08. The summed E-state index contributed by atoms with van der Waals surface area (Å²) in [7, 11) is 0. The molecule has 1 amide bonds. The molecule has 1 fully saturated rings. The molecular weight excluding hydrogens is 340 g/mol. The summed E-state index contributed by atoms with van der Waals surface area (Å²) < 4.78 is 2.02. The number of carbonyl (C=O) groups excluding carboxylic acids is 1. The van der Waals surface area contributed by atoms with Crippen LogP contribution in [0.4, 0.5) is 0 Å². The maximum atomic E-state index is 12.6. The SMILES string of the molecule is O=C(c1ccc(O)c(Cl)c1)N1CCC(c2nnc3ccccn23)CC1. The van der Waals surface area contributed by atoms with Crippen molar-refractivity contribution < 1.29 is 9.90 Å². The molecule has 128 valence electrons. The topological polar surface area (TPSA) is 70.7 Å². The van der Waals surface area contributed by atoms with E-state index in [1.807, 2.05) is 33.7 Å². The molecule has 0 radical (unpaired) electrons. The average molecular weight is 357 g/mol. The third kappa shape index (κ3) is 2.93. The molecule has 7 heteroatoms. The van der Waals surface area contributed by atoms with E-state index in [9.17, 15) is 9.90 Å². The fraction of sp³-hybridized carbons (Fsp3) is 0.278. The van der Waals surface area contributed by atoms with Crippen molar-refractivity contribution in [1.29, 1.82) is 0 Å². The highest BCUT2D eigenvalue weighted by molar-refractivity contribution is 6.32. The number of benzene rings is 1. The van der Waals surface area contributed by atoms with Crippen LogP contribution in [0, 0.1) is 0 Å². The number of phenolic OH excluding ortho intramolecular Hbond substituents is 1. The summed E-state index contributed by atoms with van der Waals surface area (Å²) in [5, 5.41) is 18.2. The number of rotatable bonds is 2. The third-order valence-corrected chi connectivity index (χ3v) is 4.98. The lowest BCUT2D eigenvalue weighted by molar-refractivity contribution is 0.0711. The van der Waals surface area contributed by atoms with Crippen LogP contribution in [-0.2, 0) is 0 Å². The molecule has 0 atom stereocenters. The van der Waals surface area contributed by atoms with Crippen LogP contribution < -0.4 is 0 Å². The normalized spacial score (nSPS) is 15.6. The Morgan fingerprint density at radius 2 is 1.96 bits per heavy atom. The highest BCUT2D eigenvalue weighted by Gasteiger charge is 2.27. The van der Waals surface area contributed by atoms with Gasteiger partial charge < -0.3 is 10.0 Å². The van der Waals surface area contributed by atoms with Crippen molar-refractivity contribution in [3.05, 3.63) is 59.0 Å². The summed E-state index contributed by atoms with van der Waals surface area (Å²) in [6, 6.07) is 10.4. The fourth-order valence-electron chi connectivity index (χ4n) is 3.30. The number of fused-ring (bicyclic) bond motifs is 1. The van der Waals surface area contributed by atoms with E-state index in [0.29, 0.717) is 18.7 Å². The molecular formula is C18H17ClN4O2. The molecule has 1 N–H and O–H groups in total. The van der Waals surface area contributed by atoms with Gasteiger partial charge in [-0.15, -0.1) is 10.2 Å². The van der Waals surface area contributed by atoms with Gasteiger partial charge in [0.1, 0.15) is 11.6 Å². The number of likely N-dealkylation sites (tertiary alicyclic amines) is 1. The minimum atomic E-state index is -0.0635. The molecule has 6 nitrogen and oxygen atoms in total. The van der Waals surface area contributed by atoms with Gasteiger partial charge in [0.15, 0.2) is 5.65 Å². The van der Waals surface area contributed by atoms with Crippen molar-refractivity contribution in [2.45, 2.75) is 18.8 Å². The van der Waals surface area contributed by atoms with E-state index < -0.39 is 0 Å². The molecule has 1 saturated heterocycles. The molecule has 4 rings (SSSR count). The van der Waals surface area contributed by atoms with Gasteiger partial charge in [0.2, 0.25) is 0 Å². The number of phenols is 1. The Bertz CT molecular complexity index is 932. The van der Waals surface area contributed by atoms with Gasteiger partial charge in [0, 0.05) is 30.8 Å². The minimum absolute atomic E-state index is 0.0180. The largest absolute Gasteiger partial charge is 0.506 e. The monoisotopic (exact) mass is 356 g/mol. The summed E-state index contributed by atoms with van der Waals surface area (Å²) in [6.07, 6.45) is 3.65. The van der Waals surface area contributed by atoms with Gasteiger partial charge >= 0.3 is 0 Å². The van der Waals surface area contributed by atoms with Crippen LogP contribution in [0.3, 0.4) is 0 Å². The van der Waals surface area contributed by atoms with Gasteiger partial charge in [-0.05, 0) is 43.2 Å². The second-order valence-electron chi connectivity index (χ2n) is 6.22. The summed E-state index contributed by atoms with van der Waals surface area (Å²) >= 11 is 5.90. The van der Waals surface area contributed by atoms with Crippen LogP contribution in [-0.4, -0.2) is 43.6 Å². The van der Waals surface area contributed by atoms with Crippen LogP contribution in [0.15, 0.2) is 42.6 Å². The number of amides is 1. The number of pyridine rings is 1. The van der Waals surface area contributed by atoms with E-state index in [2.05, 4.69) is 10.2 Å². The fourth-order valence-corrected chi connectivity index (χ4v) is 3.48. The highest BCUT2D eigenvalue weighted by atomic mass is 35.5. The Kier molecular flexibility index (Phi) is 4.05. The highest BCUT2D eigenvalue weighted by Crippen LogP contribution is 2.29. The van der Waals surface area contributed by atoms with E-state index >= 15 is 0 Å². The lowest BCUT2D eigenvalue weighted by Gasteiger charge is -2.31. The van der Waals surface area contributed by atoms with Crippen molar-refractivity contribution in [1.82, 2.24) is 19.5 Å². The number of aromatic hydroxyl groups is 1. The van der Waals surface area contributed by atoms with Crippen molar-refractivity contribution in [3.8, 4) is 5.75 Å². The van der Waals surface area contributed by atoms with Crippen LogP contribution in [0.2, 0.25) is 5.02 Å². The van der Waals surface area contributed by atoms with Crippen LogP contribution in [0.1, 0.15) is 34.9 Å². The van der Waals surface area contributed by atoms with Crippen molar-refractivity contribution in [2.24, 2.45) is 0 Å². The number of halogens is 1. The number of hydrogen-bond acceptors (Lipinski definition) is 4. The first-order valence-corrected chi connectivity index (χ1v) is 8.59. The molecule has 0 saturated carbocycles. The van der Waals surface area contributed by atoms with Crippen LogP contribution in [0.5, 0.6) is 5.75 Å². The third-order valence-electron chi connectivity index (χ3n) is 4.68. The number of piperidine rings is 1. The Balaban J connectivity index is 1.47. The summed E-state index contributed by atoms with van der Waals surface area (Å²) in [6.45, 7) is 1.31. The molecule has 0 aliphatic carbocycles. The van der Waals surface area contributed by atoms with Gasteiger partial charge in [0.05, 0.1) is 5.02 Å². The van der Waals surface area contributed by atoms with E-state index in [1.54, 1.807) is 6.07 Å². The lowest BCUT2D eigenvalue weighted by Crippen LogP contribution is -2.38. The maximum absolute atomic E-state index is 12.6. The van der Waals surface area contributed by atoms with Crippen LogP contribution in [0.25, 0.3) is 5.65 Å². The number of carbonyl (C=O) groups is 1. The van der Waals surface area contributed by atoms with Crippen LogP contribution >= 0.6 is 11.6 Å². The number of aromatic nitrogens is 3. The number of hydrogen-bond donors (Lipinski definition) is 1. The summed E-state index contributed by atoms with van der Waals surface area (Å²) in [4.78, 5) is 14.4. The molecule has 1 aliphatic heterocycles. The van der Waals surface area contributed by atoms with Crippen molar-refractivity contribution in [2.75, 3.05) is 13.1 Å². The van der Waals surface area contributed by atoms with E-state index in [4.69, 9.17) is 11.6 Å². The first-order valence-electron chi connectivity index (χ1n) is 8.21. The zero-order valence-corrected chi connectivity index (χ0v) is 14.2. The molecule has 3 heterocycles. The predicted octanol–water partition coefficient (Wildman–Crippen LogP) is 3.11. The Labute approximate surface area is 149 Å². The second-order valence-corrected chi connectivity index (χ2v) is 6.63. The summed E-state index contributed by atoms with van der Waals surface area (Å²) in [5.41, 5.74) is 1.34. The van der Waals surface area contributed by atoms with Gasteiger partial charge in [-0.2, -0.15) is 0 Å². The quantitative estimate of drug-likeness (QED) is 0.766. The molecule has 0 bridgehead atoms. The zero-order valence-electron chi connectivity index (χ0n) is 13.5. The number of nitrogens with zero attached hydrogens (tertiary/aromatic N) is 4. The zero-order chi connectivity index (χ0) is 17.4. The molecule has 3 aromatic rings. The van der Waals surface area contributed by atoms with E-state index in [1.165, 1.54) is 12.1 Å². The predicted molar refractivity (Wildman–Crippen MR) is 94.0 cm³/mol. The van der Waals surface area contributed by atoms with Gasteiger partial charge in [0.25, 0.3) is 5.91 Å². The molecule has 0 spiro atoms. The Morgan fingerprint density at radius 1 is 1.16 bits per heavy atom. The van der Waals surface area contributed by atoms with Gasteiger partial charge in [-0.1, -0.05) is 17.7 Å². The lowest BCUT2D eigenvalue weighted by atomic mass is 9.95. The molecule has 2 aromatic heterocycles. The minimum Gasteiger partial charge on any atom is -0.506 e. The Morgan fingerprint density at radius 3 is 2.72 bits per heavy atom. The Hall–Kier alpha value is -2.60. The second kappa shape index (κ2) is 6.37. The molecule has 1 aromatic carbocycles. The summed E-state index contributed by atoms with van der Waals surface area (Å²) in [5.74, 6) is 1.15.